The van der Waals surface area contributed by atoms with Gasteiger partial charge < -0.3 is 14.6 Å². The molecule has 0 spiro atoms. The van der Waals surface area contributed by atoms with Gasteiger partial charge in [-0.1, -0.05) is 18.2 Å². The van der Waals surface area contributed by atoms with Gasteiger partial charge in [0.1, 0.15) is 17.8 Å². The van der Waals surface area contributed by atoms with Gasteiger partial charge in [0.25, 0.3) is 0 Å². The molecule has 1 aliphatic heterocycles. The molecular formula is C16H21NO3. The molecular weight excluding hydrogens is 254 g/mol. The van der Waals surface area contributed by atoms with Crippen LogP contribution in [0.2, 0.25) is 0 Å². The van der Waals surface area contributed by atoms with Crippen molar-refractivity contribution in [3.05, 3.63) is 29.8 Å². The van der Waals surface area contributed by atoms with E-state index in [0.717, 1.165) is 11.3 Å². The van der Waals surface area contributed by atoms with Crippen LogP contribution >= 0.6 is 0 Å². The van der Waals surface area contributed by atoms with Crippen LogP contribution in [0.5, 0.6) is 5.75 Å². The third-order valence-electron chi connectivity index (χ3n) is 4.06. The zero-order chi connectivity index (χ0) is 14.8. The summed E-state index contributed by atoms with van der Waals surface area (Å²) in [4.78, 5) is 0. The van der Waals surface area contributed by atoms with Gasteiger partial charge in [-0.2, -0.15) is 5.26 Å². The molecule has 0 amide bonds. The van der Waals surface area contributed by atoms with Gasteiger partial charge >= 0.3 is 0 Å². The first-order valence-corrected chi connectivity index (χ1v) is 6.78. The third kappa shape index (κ3) is 2.79. The molecule has 1 aromatic carbocycles. The Hall–Kier alpha value is -1.57. The molecule has 4 nitrogen and oxygen atoms in total. The molecule has 1 heterocycles. The van der Waals surface area contributed by atoms with Crippen molar-refractivity contribution in [2.45, 2.75) is 38.4 Å². The number of benzene rings is 1. The number of fused-ring (bicyclic) bond motifs is 1. The molecule has 1 aromatic rings. The van der Waals surface area contributed by atoms with Crippen molar-refractivity contribution in [2.75, 3.05) is 13.7 Å². The summed E-state index contributed by atoms with van der Waals surface area (Å²) in [5, 5.41) is 20.1. The maximum atomic E-state index is 10.5. The average molecular weight is 275 g/mol. The number of hydrogen-bond acceptors (Lipinski definition) is 4. The van der Waals surface area contributed by atoms with Gasteiger partial charge in [-0.15, -0.1) is 0 Å². The highest BCUT2D eigenvalue weighted by Gasteiger charge is 2.44. The van der Waals surface area contributed by atoms with Crippen LogP contribution in [0.15, 0.2) is 24.3 Å². The van der Waals surface area contributed by atoms with E-state index >= 15 is 0 Å². The van der Waals surface area contributed by atoms with Crippen molar-refractivity contribution < 1.29 is 14.6 Å². The van der Waals surface area contributed by atoms with Gasteiger partial charge in [0.2, 0.25) is 0 Å². The Labute approximate surface area is 119 Å². The number of ether oxygens (including phenoxy) is 2. The van der Waals surface area contributed by atoms with Crippen molar-refractivity contribution in [2.24, 2.45) is 5.41 Å². The fourth-order valence-electron chi connectivity index (χ4n) is 2.49. The number of aliphatic hydroxyl groups is 1. The van der Waals surface area contributed by atoms with E-state index in [9.17, 15) is 10.4 Å². The molecule has 0 aliphatic carbocycles. The Balaban J connectivity index is 2.22. The standard InChI is InChI=1S/C16H21NO3/c1-15(2,19-3)9-14(18)16(10-17)8-12-6-4-5-7-13(12)20-11-16/h4-7,14,18H,8-9,11H2,1-3H3. The van der Waals surface area contributed by atoms with Gasteiger partial charge in [-0.3, -0.25) is 0 Å². The third-order valence-corrected chi connectivity index (χ3v) is 4.06. The number of rotatable bonds is 4. The molecule has 1 aliphatic rings. The SMILES string of the molecule is COC(C)(C)CC(O)C1(C#N)COc2ccccc2C1. The summed E-state index contributed by atoms with van der Waals surface area (Å²) in [6.07, 6.45) is 0.0965. The summed E-state index contributed by atoms with van der Waals surface area (Å²) in [6.45, 7) is 4.01. The second-order valence-corrected chi connectivity index (χ2v) is 6.02. The van der Waals surface area contributed by atoms with Crippen LogP contribution in [-0.4, -0.2) is 30.5 Å². The van der Waals surface area contributed by atoms with Crippen molar-refractivity contribution in [1.82, 2.24) is 0 Å². The molecule has 0 radical (unpaired) electrons. The van der Waals surface area contributed by atoms with Crippen LogP contribution in [0.4, 0.5) is 0 Å². The second kappa shape index (κ2) is 5.43. The highest BCUT2D eigenvalue weighted by atomic mass is 16.5. The zero-order valence-electron chi connectivity index (χ0n) is 12.2. The fraction of sp³-hybridized carbons (Fsp3) is 0.562. The van der Waals surface area contributed by atoms with Crippen LogP contribution in [0.3, 0.4) is 0 Å². The van der Waals surface area contributed by atoms with E-state index in [1.165, 1.54) is 0 Å². The van der Waals surface area contributed by atoms with Crippen LogP contribution in [0.25, 0.3) is 0 Å². The van der Waals surface area contributed by atoms with E-state index in [4.69, 9.17) is 9.47 Å². The van der Waals surface area contributed by atoms with E-state index in [0.29, 0.717) is 12.8 Å². The minimum absolute atomic E-state index is 0.210. The van der Waals surface area contributed by atoms with E-state index in [1.54, 1.807) is 7.11 Å². The molecule has 4 heteroatoms. The summed E-state index contributed by atoms with van der Waals surface area (Å²) in [6, 6.07) is 9.93. The number of hydrogen-bond donors (Lipinski definition) is 1. The molecule has 2 atom stereocenters. The topological polar surface area (TPSA) is 62.5 Å². The number of aliphatic hydroxyl groups excluding tert-OH is 1. The van der Waals surface area contributed by atoms with Crippen molar-refractivity contribution >= 4 is 0 Å². The van der Waals surface area contributed by atoms with Gasteiger partial charge in [-0.05, 0) is 25.5 Å². The maximum absolute atomic E-state index is 10.5. The molecule has 2 rings (SSSR count). The highest BCUT2D eigenvalue weighted by Crippen LogP contribution is 2.39. The molecule has 108 valence electrons. The zero-order valence-corrected chi connectivity index (χ0v) is 12.2. The van der Waals surface area contributed by atoms with E-state index < -0.39 is 17.1 Å². The summed E-state index contributed by atoms with van der Waals surface area (Å²) in [5.41, 5.74) is -0.417. The monoisotopic (exact) mass is 275 g/mol. The molecule has 1 N–H and O–H groups in total. The Morgan fingerprint density at radius 3 is 2.85 bits per heavy atom. The minimum Gasteiger partial charge on any atom is -0.492 e. The van der Waals surface area contributed by atoms with Gasteiger partial charge in [0.15, 0.2) is 0 Å². The second-order valence-electron chi connectivity index (χ2n) is 6.02. The number of nitriles is 1. The lowest BCUT2D eigenvalue weighted by Gasteiger charge is -2.38. The Kier molecular flexibility index (Phi) is 4.03. The van der Waals surface area contributed by atoms with Crippen molar-refractivity contribution in [3.63, 3.8) is 0 Å². The Morgan fingerprint density at radius 2 is 2.20 bits per heavy atom. The van der Waals surface area contributed by atoms with Gasteiger partial charge in [0, 0.05) is 20.0 Å². The molecule has 0 fully saturated rings. The lowest BCUT2D eigenvalue weighted by molar-refractivity contribution is -0.0600. The first kappa shape index (κ1) is 14.8. The van der Waals surface area contributed by atoms with Gasteiger partial charge in [-0.25, -0.2) is 0 Å². The first-order valence-electron chi connectivity index (χ1n) is 6.78. The fourth-order valence-corrected chi connectivity index (χ4v) is 2.49. The summed E-state index contributed by atoms with van der Waals surface area (Å²) < 4.78 is 11.0. The summed E-state index contributed by atoms with van der Waals surface area (Å²) >= 11 is 0. The van der Waals surface area contributed by atoms with Gasteiger partial charge in [0.05, 0.1) is 17.8 Å². The van der Waals surface area contributed by atoms with Crippen LogP contribution in [-0.2, 0) is 11.2 Å². The summed E-state index contributed by atoms with van der Waals surface area (Å²) in [7, 11) is 1.61. The smallest absolute Gasteiger partial charge is 0.122 e. The van der Waals surface area contributed by atoms with Crippen LogP contribution in [0, 0.1) is 16.7 Å². The molecule has 0 bridgehead atoms. The molecule has 0 aromatic heterocycles. The highest BCUT2D eigenvalue weighted by molar-refractivity contribution is 5.38. The largest absolute Gasteiger partial charge is 0.492 e. The Bertz CT molecular complexity index is 521. The lowest BCUT2D eigenvalue weighted by Crippen LogP contribution is -2.47. The maximum Gasteiger partial charge on any atom is 0.122 e. The van der Waals surface area contributed by atoms with Crippen LogP contribution in [0.1, 0.15) is 25.8 Å². The van der Waals surface area contributed by atoms with E-state index in [-0.39, 0.29) is 6.61 Å². The van der Waals surface area contributed by atoms with Crippen molar-refractivity contribution in [3.8, 4) is 11.8 Å². The minimum atomic E-state index is -0.913. The summed E-state index contributed by atoms with van der Waals surface area (Å²) in [5.74, 6) is 0.802. The molecule has 20 heavy (non-hydrogen) atoms. The van der Waals surface area contributed by atoms with E-state index in [2.05, 4.69) is 6.07 Å². The number of para-hydroxylation sites is 1. The number of methoxy groups -OCH3 is 1. The first-order chi connectivity index (χ1) is 9.42. The molecule has 0 saturated carbocycles. The predicted octanol–water partition coefficient (Wildman–Crippen LogP) is 2.31. The molecule has 2 unspecified atom stereocenters. The van der Waals surface area contributed by atoms with Crippen molar-refractivity contribution in [1.29, 1.82) is 5.26 Å². The quantitative estimate of drug-likeness (QED) is 0.916. The lowest BCUT2D eigenvalue weighted by atomic mass is 9.74. The normalized spacial score (nSPS) is 23.4. The number of nitrogens with zero attached hydrogens (tertiary/aromatic N) is 1. The van der Waals surface area contributed by atoms with Crippen LogP contribution < -0.4 is 4.74 Å². The Morgan fingerprint density at radius 1 is 1.50 bits per heavy atom. The molecule has 0 saturated heterocycles. The van der Waals surface area contributed by atoms with E-state index in [1.807, 2.05) is 38.1 Å². The average Bonchev–Trinajstić information content (AvgIpc) is 2.46. The predicted molar refractivity (Wildman–Crippen MR) is 75.4 cm³/mol.